The van der Waals surface area contributed by atoms with E-state index in [1.165, 1.54) is 0 Å². The van der Waals surface area contributed by atoms with Gasteiger partial charge in [-0.1, -0.05) is 34.6 Å². The summed E-state index contributed by atoms with van der Waals surface area (Å²) in [4.78, 5) is 10.7. The van der Waals surface area contributed by atoms with E-state index >= 15 is 0 Å². The van der Waals surface area contributed by atoms with Crippen LogP contribution < -0.4 is 5.32 Å². The maximum Gasteiger partial charge on any atom is 0.220 e. The largest absolute Gasteiger partial charge is 0.356 e. The van der Waals surface area contributed by atoms with Crippen LogP contribution in [0.1, 0.15) is 53.9 Å². The zero-order valence-electron chi connectivity index (χ0n) is 9.81. The summed E-state index contributed by atoms with van der Waals surface area (Å²) < 4.78 is 0. The van der Waals surface area contributed by atoms with Gasteiger partial charge in [0.05, 0.1) is 0 Å². The van der Waals surface area contributed by atoms with Gasteiger partial charge in [-0.15, -0.1) is 0 Å². The van der Waals surface area contributed by atoms with Crippen LogP contribution >= 0.6 is 0 Å². The van der Waals surface area contributed by atoms with Crippen molar-refractivity contribution in [3.8, 4) is 0 Å². The normalized spacial score (nSPS) is 21.0. The molecule has 1 aliphatic heterocycles. The van der Waals surface area contributed by atoms with Crippen LogP contribution in [0, 0.1) is 5.92 Å². The molecule has 80 valence electrons. The Bertz CT molecular complexity index is 113. The Hall–Kier alpha value is -0.530. The van der Waals surface area contributed by atoms with E-state index in [4.69, 9.17) is 0 Å². The van der Waals surface area contributed by atoms with Gasteiger partial charge in [0.15, 0.2) is 0 Å². The second-order valence-electron chi connectivity index (χ2n) is 2.78. The maximum absolute atomic E-state index is 10.7. The van der Waals surface area contributed by atoms with Crippen molar-refractivity contribution in [2.24, 2.45) is 5.92 Å². The first-order valence-corrected chi connectivity index (χ1v) is 5.56. The van der Waals surface area contributed by atoms with E-state index in [0.717, 1.165) is 31.7 Å². The molecule has 13 heavy (non-hydrogen) atoms. The summed E-state index contributed by atoms with van der Waals surface area (Å²) in [5.41, 5.74) is 0. The monoisotopic (exact) mass is 187 g/mol. The Morgan fingerprint density at radius 3 is 2.23 bits per heavy atom. The van der Waals surface area contributed by atoms with Gasteiger partial charge < -0.3 is 5.32 Å². The van der Waals surface area contributed by atoms with E-state index < -0.39 is 0 Å². The summed E-state index contributed by atoms with van der Waals surface area (Å²) in [5, 5.41) is 2.84. The highest BCUT2D eigenvalue weighted by Crippen LogP contribution is 2.11. The highest BCUT2D eigenvalue weighted by molar-refractivity contribution is 5.76. The van der Waals surface area contributed by atoms with Gasteiger partial charge >= 0.3 is 0 Å². The smallest absolute Gasteiger partial charge is 0.220 e. The molecule has 0 aromatic rings. The van der Waals surface area contributed by atoms with E-state index in [-0.39, 0.29) is 5.91 Å². The summed E-state index contributed by atoms with van der Waals surface area (Å²) in [7, 11) is 0. The number of nitrogens with one attached hydrogen (secondary N) is 1. The van der Waals surface area contributed by atoms with Gasteiger partial charge in [0.25, 0.3) is 0 Å². The molecule has 1 saturated heterocycles. The zero-order chi connectivity index (χ0) is 10.7. The standard InChI is InChI=1S/C7H13NO.2C2H6/c1-6-2-3-7(9)8-5-4-6;2*1-2/h6H,2-5H2,1H3,(H,8,9);2*1-2H3. The van der Waals surface area contributed by atoms with Crippen LogP contribution in [0.25, 0.3) is 0 Å². The Balaban J connectivity index is 0. The molecular weight excluding hydrogens is 162 g/mol. The lowest BCUT2D eigenvalue weighted by atomic mass is 10.0. The Labute approximate surface area is 83.1 Å². The minimum absolute atomic E-state index is 0.222. The molecule has 1 amide bonds. The molecule has 1 unspecified atom stereocenters. The fourth-order valence-electron chi connectivity index (χ4n) is 1.07. The number of amides is 1. The van der Waals surface area contributed by atoms with Gasteiger partial charge in [-0.2, -0.15) is 0 Å². The minimum atomic E-state index is 0.222. The predicted molar refractivity (Wildman–Crippen MR) is 58.7 cm³/mol. The molecule has 2 nitrogen and oxygen atoms in total. The van der Waals surface area contributed by atoms with Crippen LogP contribution in [-0.4, -0.2) is 12.5 Å². The molecule has 2 heteroatoms. The molecule has 1 rings (SSSR count). The van der Waals surface area contributed by atoms with Crippen molar-refractivity contribution in [3.05, 3.63) is 0 Å². The number of carbonyl (C=O) groups is 1. The zero-order valence-corrected chi connectivity index (χ0v) is 9.81. The second kappa shape index (κ2) is 11.5. The molecule has 0 spiro atoms. The van der Waals surface area contributed by atoms with E-state index in [1.54, 1.807) is 0 Å². The molecule has 1 N–H and O–H groups in total. The highest BCUT2D eigenvalue weighted by Gasteiger charge is 2.10. The Morgan fingerprint density at radius 1 is 1.15 bits per heavy atom. The quantitative estimate of drug-likeness (QED) is 0.620. The second-order valence-corrected chi connectivity index (χ2v) is 2.78. The fraction of sp³-hybridized carbons (Fsp3) is 0.909. The third kappa shape index (κ3) is 9.38. The van der Waals surface area contributed by atoms with Crippen LogP contribution in [-0.2, 0) is 4.79 Å². The van der Waals surface area contributed by atoms with Gasteiger partial charge in [0.2, 0.25) is 5.91 Å². The lowest BCUT2D eigenvalue weighted by Gasteiger charge is -2.01. The van der Waals surface area contributed by atoms with Crippen LogP contribution in [0.3, 0.4) is 0 Å². The maximum atomic E-state index is 10.7. The fourth-order valence-corrected chi connectivity index (χ4v) is 1.07. The number of hydrogen-bond donors (Lipinski definition) is 1. The van der Waals surface area contributed by atoms with Gasteiger partial charge in [0.1, 0.15) is 0 Å². The summed E-state index contributed by atoms with van der Waals surface area (Å²) in [6.07, 6.45) is 2.93. The predicted octanol–water partition coefficient (Wildman–Crippen LogP) is 2.98. The first-order chi connectivity index (χ1) is 6.29. The van der Waals surface area contributed by atoms with Crippen LogP contribution in [0.2, 0.25) is 0 Å². The number of carbonyl (C=O) groups excluding carboxylic acids is 1. The van der Waals surface area contributed by atoms with Gasteiger partial charge in [-0.3, -0.25) is 4.79 Å². The van der Waals surface area contributed by atoms with Crippen molar-refractivity contribution >= 4 is 5.91 Å². The molecule has 1 atom stereocenters. The van der Waals surface area contributed by atoms with Crippen molar-refractivity contribution in [1.29, 1.82) is 0 Å². The first kappa shape index (κ1) is 15.0. The molecular formula is C11H25NO. The lowest BCUT2D eigenvalue weighted by molar-refractivity contribution is -0.120. The third-order valence-electron chi connectivity index (χ3n) is 1.82. The summed E-state index contributed by atoms with van der Waals surface area (Å²) in [5.74, 6) is 0.948. The summed E-state index contributed by atoms with van der Waals surface area (Å²) in [6.45, 7) is 11.1. The van der Waals surface area contributed by atoms with E-state index in [1.807, 2.05) is 27.7 Å². The minimum Gasteiger partial charge on any atom is -0.356 e. The Morgan fingerprint density at radius 2 is 1.69 bits per heavy atom. The van der Waals surface area contributed by atoms with E-state index in [0.29, 0.717) is 0 Å². The van der Waals surface area contributed by atoms with Gasteiger partial charge in [-0.25, -0.2) is 0 Å². The summed E-state index contributed by atoms with van der Waals surface area (Å²) in [6, 6.07) is 0. The summed E-state index contributed by atoms with van der Waals surface area (Å²) >= 11 is 0. The molecule has 0 aromatic carbocycles. The number of rotatable bonds is 0. The third-order valence-corrected chi connectivity index (χ3v) is 1.82. The molecule has 0 aromatic heterocycles. The van der Waals surface area contributed by atoms with Gasteiger partial charge in [0, 0.05) is 13.0 Å². The molecule has 1 fully saturated rings. The highest BCUT2D eigenvalue weighted by atomic mass is 16.1. The van der Waals surface area contributed by atoms with Crippen molar-refractivity contribution in [1.82, 2.24) is 5.32 Å². The van der Waals surface area contributed by atoms with Crippen LogP contribution in [0.5, 0.6) is 0 Å². The van der Waals surface area contributed by atoms with E-state index in [2.05, 4.69) is 12.2 Å². The Kier molecular flexibility index (Phi) is 13.2. The van der Waals surface area contributed by atoms with Crippen molar-refractivity contribution in [2.75, 3.05) is 6.54 Å². The molecule has 0 bridgehead atoms. The molecule has 1 aliphatic rings. The SMILES string of the molecule is CC.CC.CC1CCNC(=O)CC1. The molecule has 1 heterocycles. The van der Waals surface area contributed by atoms with E-state index in [9.17, 15) is 4.79 Å². The topological polar surface area (TPSA) is 29.1 Å². The average Bonchev–Trinajstić information content (AvgIpc) is 2.38. The number of hydrogen-bond acceptors (Lipinski definition) is 1. The average molecular weight is 187 g/mol. The first-order valence-electron chi connectivity index (χ1n) is 5.56. The van der Waals surface area contributed by atoms with Crippen molar-refractivity contribution in [2.45, 2.75) is 53.9 Å². The molecule has 0 radical (unpaired) electrons. The molecule has 0 saturated carbocycles. The lowest BCUT2D eigenvalue weighted by Crippen LogP contribution is -2.21. The molecule has 0 aliphatic carbocycles. The van der Waals surface area contributed by atoms with Crippen molar-refractivity contribution < 1.29 is 4.79 Å². The van der Waals surface area contributed by atoms with Gasteiger partial charge in [-0.05, 0) is 18.8 Å². The van der Waals surface area contributed by atoms with Crippen molar-refractivity contribution in [3.63, 3.8) is 0 Å². The van der Waals surface area contributed by atoms with Crippen LogP contribution in [0.15, 0.2) is 0 Å². The van der Waals surface area contributed by atoms with Crippen LogP contribution in [0.4, 0.5) is 0 Å².